The van der Waals surface area contributed by atoms with Crippen LogP contribution in [0.5, 0.6) is 0 Å². The van der Waals surface area contributed by atoms with E-state index in [0.717, 1.165) is 25.7 Å². The Balaban J connectivity index is 1.80. The van der Waals surface area contributed by atoms with Gasteiger partial charge in [-0.3, -0.25) is 4.98 Å². The van der Waals surface area contributed by atoms with Crippen molar-refractivity contribution in [1.29, 1.82) is 5.26 Å². The van der Waals surface area contributed by atoms with Gasteiger partial charge in [-0.2, -0.15) is 10.2 Å². The lowest BCUT2D eigenvalue weighted by Gasteiger charge is -2.32. The summed E-state index contributed by atoms with van der Waals surface area (Å²) in [5.41, 5.74) is 1.30. The highest BCUT2D eigenvalue weighted by Gasteiger charge is 2.38. The van der Waals surface area contributed by atoms with Crippen molar-refractivity contribution in [3.8, 4) is 17.3 Å². The number of nitriles is 1. The maximum absolute atomic E-state index is 15.1. The summed E-state index contributed by atoms with van der Waals surface area (Å²) in [6, 6.07) is 10.3. The molecule has 5 rings (SSSR count). The van der Waals surface area contributed by atoms with E-state index in [9.17, 15) is 5.26 Å². The van der Waals surface area contributed by atoms with Crippen molar-refractivity contribution in [1.82, 2.24) is 24.5 Å². The molecular weight excluding hydrogens is 491 g/mol. The second kappa shape index (κ2) is 10.2. The lowest BCUT2D eigenvalue weighted by atomic mass is 9.83. The van der Waals surface area contributed by atoms with Gasteiger partial charge in [0.05, 0.1) is 5.02 Å². The minimum absolute atomic E-state index is 0.0184. The highest BCUT2D eigenvalue weighted by atomic mass is 35.5. The Kier molecular flexibility index (Phi) is 6.93. The first-order valence-corrected chi connectivity index (χ1v) is 12.8. The minimum atomic E-state index is -1.22. The number of halogens is 2. The number of benzene rings is 1. The lowest BCUT2D eigenvalue weighted by Crippen LogP contribution is -2.32. The van der Waals surface area contributed by atoms with Crippen LogP contribution in [-0.4, -0.2) is 31.6 Å². The number of nitrogens with zero attached hydrogens (tertiary/aromatic N) is 6. The van der Waals surface area contributed by atoms with E-state index in [1.165, 1.54) is 6.07 Å². The molecule has 1 saturated carbocycles. The summed E-state index contributed by atoms with van der Waals surface area (Å²) in [5.74, 6) is 1.20. The second-order valence-electron chi connectivity index (χ2n) is 9.96. The fourth-order valence-corrected chi connectivity index (χ4v) is 5.48. The molecule has 0 N–H and O–H groups in total. The van der Waals surface area contributed by atoms with E-state index in [-0.39, 0.29) is 11.6 Å². The van der Waals surface area contributed by atoms with Crippen molar-refractivity contribution in [2.24, 2.45) is 11.8 Å². The molecule has 0 bridgehead atoms. The van der Waals surface area contributed by atoms with Gasteiger partial charge in [-0.15, -0.1) is 0 Å². The van der Waals surface area contributed by atoms with Crippen LogP contribution in [-0.2, 0) is 16.9 Å². The topological polar surface area (TPSA) is 89.5 Å². The van der Waals surface area contributed by atoms with Gasteiger partial charge in [-0.25, -0.2) is 14.4 Å². The van der Waals surface area contributed by atoms with Gasteiger partial charge in [0.25, 0.3) is 0 Å². The summed E-state index contributed by atoms with van der Waals surface area (Å²) >= 11 is 6.27. The summed E-state index contributed by atoms with van der Waals surface area (Å²) in [4.78, 5) is 18.1. The van der Waals surface area contributed by atoms with Crippen LogP contribution in [0, 0.1) is 29.0 Å². The minimum Gasteiger partial charge on any atom is -0.366 e. The Morgan fingerprint density at radius 2 is 1.92 bits per heavy atom. The van der Waals surface area contributed by atoms with Gasteiger partial charge < -0.3 is 9.30 Å². The summed E-state index contributed by atoms with van der Waals surface area (Å²) in [6.45, 7) is 4.74. The maximum atomic E-state index is 15.1. The SMILES string of the molecule is COC(C)(c1ccccc1F)c1nc2nc(C#N)nc(-c3cncc(Cl)c3)c2n1C[C@H]1CC[C@H](C)CC1. The molecule has 1 aliphatic rings. The summed E-state index contributed by atoms with van der Waals surface area (Å²) in [5, 5.41) is 10.1. The number of aromatic nitrogens is 5. The normalized spacial score (nSPS) is 19.5. The Morgan fingerprint density at radius 1 is 1.16 bits per heavy atom. The predicted octanol–water partition coefficient (Wildman–Crippen LogP) is 6.29. The van der Waals surface area contributed by atoms with Gasteiger partial charge in [0.1, 0.15) is 28.9 Å². The molecule has 9 heteroatoms. The van der Waals surface area contributed by atoms with E-state index < -0.39 is 5.60 Å². The van der Waals surface area contributed by atoms with Crippen LogP contribution in [0.2, 0.25) is 5.02 Å². The van der Waals surface area contributed by atoms with Crippen LogP contribution < -0.4 is 0 Å². The largest absolute Gasteiger partial charge is 0.366 e. The molecule has 1 fully saturated rings. The van der Waals surface area contributed by atoms with Gasteiger partial charge in [0.2, 0.25) is 5.82 Å². The van der Waals surface area contributed by atoms with Gasteiger partial charge in [0, 0.05) is 37.2 Å². The van der Waals surface area contributed by atoms with Gasteiger partial charge in [-0.1, -0.05) is 49.6 Å². The molecule has 4 aromatic rings. The second-order valence-corrected chi connectivity index (χ2v) is 10.4. The zero-order chi connectivity index (χ0) is 26.2. The number of fused-ring (bicyclic) bond motifs is 1. The molecule has 0 saturated heterocycles. The lowest BCUT2D eigenvalue weighted by molar-refractivity contribution is 0.0248. The van der Waals surface area contributed by atoms with Crippen molar-refractivity contribution in [2.75, 3.05) is 7.11 Å². The van der Waals surface area contributed by atoms with Crippen LogP contribution in [0.4, 0.5) is 4.39 Å². The third-order valence-corrected chi connectivity index (χ3v) is 7.69. The molecule has 0 amide bonds. The van der Waals surface area contributed by atoms with E-state index >= 15 is 4.39 Å². The number of rotatable bonds is 6. The molecule has 0 aliphatic heterocycles. The van der Waals surface area contributed by atoms with Gasteiger partial charge in [-0.05, 0) is 43.7 Å². The highest BCUT2D eigenvalue weighted by molar-refractivity contribution is 6.30. The third kappa shape index (κ3) is 4.70. The molecule has 3 heterocycles. The van der Waals surface area contributed by atoms with Crippen molar-refractivity contribution in [3.05, 3.63) is 70.8 Å². The van der Waals surface area contributed by atoms with Crippen molar-refractivity contribution >= 4 is 22.8 Å². The van der Waals surface area contributed by atoms with Gasteiger partial charge >= 0.3 is 0 Å². The first kappa shape index (κ1) is 25.2. The zero-order valence-corrected chi connectivity index (χ0v) is 21.8. The van der Waals surface area contributed by atoms with Crippen LogP contribution in [0.25, 0.3) is 22.4 Å². The van der Waals surface area contributed by atoms with Crippen LogP contribution in [0.3, 0.4) is 0 Å². The summed E-state index contributed by atoms with van der Waals surface area (Å²) < 4.78 is 23.2. The van der Waals surface area contributed by atoms with E-state index in [1.54, 1.807) is 43.8 Å². The Hall–Kier alpha value is -3.41. The van der Waals surface area contributed by atoms with E-state index in [2.05, 4.69) is 26.4 Å². The average molecular weight is 519 g/mol. The molecule has 0 spiro atoms. The number of hydrogen-bond acceptors (Lipinski definition) is 6. The Bertz CT molecular complexity index is 1490. The van der Waals surface area contributed by atoms with Gasteiger partial charge in [0.15, 0.2) is 11.2 Å². The highest BCUT2D eigenvalue weighted by Crippen LogP contribution is 2.39. The predicted molar refractivity (Wildman–Crippen MR) is 139 cm³/mol. The molecule has 37 heavy (non-hydrogen) atoms. The number of pyridine rings is 1. The fourth-order valence-electron chi connectivity index (χ4n) is 5.31. The molecular formula is C28H28ClFN6O. The van der Waals surface area contributed by atoms with Crippen LogP contribution >= 0.6 is 11.6 Å². The summed E-state index contributed by atoms with van der Waals surface area (Å²) in [7, 11) is 1.55. The fraction of sp³-hybridized carbons (Fsp3) is 0.393. The number of methoxy groups -OCH3 is 1. The number of imidazole rings is 1. The number of hydrogen-bond donors (Lipinski definition) is 0. The average Bonchev–Trinajstić information content (AvgIpc) is 3.28. The molecule has 3 aromatic heterocycles. The van der Waals surface area contributed by atoms with E-state index in [4.69, 9.17) is 21.3 Å². The molecule has 190 valence electrons. The Labute approximate surface area is 220 Å². The monoisotopic (exact) mass is 518 g/mol. The molecule has 1 atom stereocenters. The van der Waals surface area contributed by atoms with E-state index in [0.29, 0.717) is 57.2 Å². The Morgan fingerprint density at radius 3 is 2.59 bits per heavy atom. The summed E-state index contributed by atoms with van der Waals surface area (Å²) in [6.07, 6.45) is 7.66. The molecule has 1 aliphatic carbocycles. The van der Waals surface area contributed by atoms with E-state index in [1.807, 2.05) is 13.0 Å². The third-order valence-electron chi connectivity index (χ3n) is 7.48. The maximum Gasteiger partial charge on any atom is 0.234 e. The molecule has 1 unspecified atom stereocenters. The molecule has 7 nitrogen and oxygen atoms in total. The molecule has 0 radical (unpaired) electrons. The first-order chi connectivity index (χ1) is 17.8. The van der Waals surface area contributed by atoms with Crippen LogP contribution in [0.15, 0.2) is 42.7 Å². The zero-order valence-electron chi connectivity index (χ0n) is 21.1. The smallest absolute Gasteiger partial charge is 0.234 e. The first-order valence-electron chi connectivity index (χ1n) is 12.4. The van der Waals surface area contributed by atoms with Crippen molar-refractivity contribution in [3.63, 3.8) is 0 Å². The molecule has 1 aromatic carbocycles. The number of ether oxygens (including phenoxy) is 1. The van der Waals surface area contributed by atoms with Crippen LogP contribution in [0.1, 0.15) is 56.7 Å². The standard InChI is InChI=1S/C28H28ClFN6O/c1-17-8-10-18(11-9-17)16-36-25-24(19-12-20(29)15-32-14-19)33-23(13-31)34-26(25)35-27(36)28(2,37-3)21-6-4-5-7-22(21)30/h4-7,12,14-15,17-18H,8-11,16H2,1-3H3/t17-,18-,28?. The van der Waals surface area contributed by atoms with Crippen molar-refractivity contribution in [2.45, 2.75) is 51.7 Å². The quantitative estimate of drug-likeness (QED) is 0.298. The van der Waals surface area contributed by atoms with Crippen molar-refractivity contribution < 1.29 is 9.13 Å².